The van der Waals surface area contributed by atoms with Crippen LogP contribution in [0.2, 0.25) is 18.1 Å². The van der Waals surface area contributed by atoms with Gasteiger partial charge in [-0.05, 0) is 107 Å². The molecule has 5 aromatic rings. The van der Waals surface area contributed by atoms with Crippen molar-refractivity contribution in [2.45, 2.75) is 116 Å². The quantitative estimate of drug-likeness (QED) is 0.132. The molecule has 2 N–H and O–H groups in total. The number of methoxy groups -OCH3 is 1. The molecule has 0 atom stereocenters. The van der Waals surface area contributed by atoms with E-state index >= 15 is 0 Å². The number of carbonyl (C=O) groups excluding carboxylic acids is 1. The Balaban J connectivity index is 1.22. The lowest BCUT2D eigenvalue weighted by atomic mass is 9.87. The van der Waals surface area contributed by atoms with Crippen LogP contribution in [0.4, 0.5) is 5.82 Å². The molecule has 1 aliphatic carbocycles. The molecular formula is C44H57N5O3Si. The second kappa shape index (κ2) is 15.5. The lowest BCUT2D eigenvalue weighted by Gasteiger charge is -2.41. The Kier molecular flexibility index (Phi) is 11.2. The number of nitrogens with one attached hydrogen (secondary N) is 2. The standard InChI is InChI=1S/C44H57N5O3Si/c1-43(2,3)34-18-16-33(17-19-34)42(50)46-28-30-10-14-32(15-11-30)38-26-27-45-41-39(38)40(48-49(41)29-31-12-22-36(51-7)23-13-31)47-35-20-24-37(25-21-35)52-53(8,9)44(4,5)6/h10-19,22-23,26-27,35,37H,20-21,24-25,28-29H2,1-9H3,(H,46,50)(H,47,48). The molecule has 0 radical (unpaired) electrons. The SMILES string of the molecule is COc1ccc(Cn2nc(NC3CCC(O[Si](C)(C)C(C)(C)C)CC3)c3c(-c4ccc(CNC(=O)c5ccc(C(C)(C)C)cc5)cc4)ccnc32)cc1. The van der Waals surface area contributed by atoms with Crippen LogP contribution in [0.3, 0.4) is 0 Å². The lowest BCUT2D eigenvalue weighted by molar-refractivity contribution is 0.0951. The van der Waals surface area contributed by atoms with Gasteiger partial charge in [-0.1, -0.05) is 90.1 Å². The minimum Gasteiger partial charge on any atom is -0.497 e. The first kappa shape index (κ1) is 38.3. The molecule has 1 fully saturated rings. The smallest absolute Gasteiger partial charge is 0.251 e. The van der Waals surface area contributed by atoms with E-state index in [0.717, 1.165) is 70.5 Å². The average Bonchev–Trinajstić information content (AvgIpc) is 3.47. The largest absolute Gasteiger partial charge is 0.497 e. The second-order valence-electron chi connectivity index (χ2n) is 17.1. The molecule has 8 nitrogen and oxygen atoms in total. The van der Waals surface area contributed by atoms with Gasteiger partial charge in [-0.15, -0.1) is 0 Å². The number of benzene rings is 3. The molecular weight excluding hydrogens is 675 g/mol. The van der Waals surface area contributed by atoms with E-state index in [1.165, 1.54) is 5.56 Å². The molecule has 3 aromatic carbocycles. The number of hydrogen-bond acceptors (Lipinski definition) is 6. The molecule has 1 saturated carbocycles. The summed E-state index contributed by atoms with van der Waals surface area (Å²) in [6, 6.07) is 26.8. The molecule has 9 heteroatoms. The van der Waals surface area contributed by atoms with Gasteiger partial charge in [-0.25, -0.2) is 9.67 Å². The number of carbonyl (C=O) groups is 1. The summed E-state index contributed by atoms with van der Waals surface area (Å²) in [5.74, 6) is 1.61. The zero-order valence-electron chi connectivity index (χ0n) is 33.0. The molecule has 0 spiro atoms. The van der Waals surface area contributed by atoms with Crippen molar-refractivity contribution in [3.63, 3.8) is 0 Å². The number of ether oxygens (including phenoxy) is 1. The maximum Gasteiger partial charge on any atom is 0.251 e. The number of aromatic nitrogens is 3. The average molecular weight is 732 g/mol. The highest BCUT2D eigenvalue weighted by Gasteiger charge is 2.40. The Morgan fingerprint density at radius 1 is 0.849 bits per heavy atom. The van der Waals surface area contributed by atoms with Crippen molar-refractivity contribution in [1.29, 1.82) is 0 Å². The summed E-state index contributed by atoms with van der Waals surface area (Å²) in [5, 5.41) is 13.3. The summed E-state index contributed by atoms with van der Waals surface area (Å²) >= 11 is 0. The predicted molar refractivity (Wildman–Crippen MR) is 219 cm³/mol. The van der Waals surface area contributed by atoms with Crippen molar-refractivity contribution < 1.29 is 14.0 Å². The molecule has 0 aliphatic heterocycles. The van der Waals surface area contributed by atoms with Gasteiger partial charge in [0, 0.05) is 30.5 Å². The van der Waals surface area contributed by atoms with Gasteiger partial charge < -0.3 is 19.8 Å². The van der Waals surface area contributed by atoms with Gasteiger partial charge in [0.25, 0.3) is 5.91 Å². The van der Waals surface area contributed by atoms with Crippen LogP contribution in [-0.4, -0.2) is 48.2 Å². The van der Waals surface area contributed by atoms with Gasteiger partial charge >= 0.3 is 0 Å². The third-order valence-corrected chi connectivity index (χ3v) is 15.7. The number of fused-ring (bicyclic) bond motifs is 1. The zero-order valence-corrected chi connectivity index (χ0v) is 34.0. The van der Waals surface area contributed by atoms with E-state index in [1.807, 2.05) is 47.3 Å². The van der Waals surface area contributed by atoms with Crippen LogP contribution in [0.1, 0.15) is 94.3 Å². The summed E-state index contributed by atoms with van der Waals surface area (Å²) in [6.45, 7) is 19.2. The molecule has 280 valence electrons. The molecule has 0 bridgehead atoms. The van der Waals surface area contributed by atoms with Crippen molar-refractivity contribution in [3.05, 3.63) is 107 Å². The maximum atomic E-state index is 13.0. The fourth-order valence-electron chi connectivity index (χ4n) is 6.77. The predicted octanol–water partition coefficient (Wildman–Crippen LogP) is 10.1. The van der Waals surface area contributed by atoms with Crippen molar-refractivity contribution >= 4 is 31.1 Å². The maximum absolute atomic E-state index is 13.0. The number of nitrogens with zero attached hydrogens (tertiary/aromatic N) is 3. The first-order valence-corrected chi connectivity index (χ1v) is 21.9. The van der Waals surface area contributed by atoms with E-state index in [4.69, 9.17) is 19.2 Å². The van der Waals surface area contributed by atoms with Gasteiger partial charge in [0.2, 0.25) is 0 Å². The van der Waals surface area contributed by atoms with Gasteiger partial charge in [0.15, 0.2) is 19.8 Å². The van der Waals surface area contributed by atoms with Gasteiger partial charge in [-0.3, -0.25) is 4.79 Å². The van der Waals surface area contributed by atoms with Crippen LogP contribution in [0.5, 0.6) is 5.75 Å². The number of hydrogen-bond donors (Lipinski definition) is 2. The fraction of sp³-hybridized carbons (Fsp3) is 0.432. The normalized spacial score (nSPS) is 16.8. The van der Waals surface area contributed by atoms with E-state index in [-0.39, 0.29) is 16.4 Å². The summed E-state index contributed by atoms with van der Waals surface area (Å²) < 4.78 is 14.2. The van der Waals surface area contributed by atoms with E-state index in [9.17, 15) is 4.79 Å². The van der Waals surface area contributed by atoms with E-state index in [2.05, 4.69) is 108 Å². The Labute approximate surface area is 316 Å². The first-order chi connectivity index (χ1) is 25.1. The highest BCUT2D eigenvalue weighted by Crippen LogP contribution is 2.40. The summed E-state index contributed by atoms with van der Waals surface area (Å²) in [5.41, 5.74) is 7.05. The van der Waals surface area contributed by atoms with Crippen molar-refractivity contribution in [1.82, 2.24) is 20.1 Å². The molecule has 1 amide bonds. The third-order valence-electron chi connectivity index (χ3n) is 11.1. The number of rotatable bonds is 11. The Bertz CT molecular complexity index is 2000. The van der Waals surface area contributed by atoms with Crippen molar-refractivity contribution in [2.24, 2.45) is 0 Å². The molecule has 0 saturated heterocycles. The van der Waals surface area contributed by atoms with Crippen molar-refractivity contribution in [3.8, 4) is 16.9 Å². The Hall–Kier alpha value is -4.47. The highest BCUT2D eigenvalue weighted by molar-refractivity contribution is 6.74. The van der Waals surface area contributed by atoms with Crippen LogP contribution >= 0.6 is 0 Å². The summed E-state index contributed by atoms with van der Waals surface area (Å²) in [4.78, 5) is 17.8. The molecule has 1 aliphatic rings. The van der Waals surface area contributed by atoms with Crippen molar-refractivity contribution in [2.75, 3.05) is 12.4 Å². The van der Waals surface area contributed by atoms with Crippen LogP contribution in [0.25, 0.3) is 22.2 Å². The van der Waals surface area contributed by atoms with Crippen LogP contribution in [-0.2, 0) is 22.9 Å². The monoisotopic (exact) mass is 731 g/mol. The minimum atomic E-state index is -1.82. The van der Waals surface area contributed by atoms with E-state index < -0.39 is 8.32 Å². The van der Waals surface area contributed by atoms with Gasteiger partial charge in [0.05, 0.1) is 19.0 Å². The van der Waals surface area contributed by atoms with Gasteiger partial charge in [-0.2, -0.15) is 5.10 Å². The molecule has 0 unspecified atom stereocenters. The molecule has 53 heavy (non-hydrogen) atoms. The third kappa shape index (κ3) is 9.02. The van der Waals surface area contributed by atoms with E-state index in [0.29, 0.717) is 30.8 Å². The lowest BCUT2D eigenvalue weighted by Crippen LogP contribution is -2.45. The molecule has 6 rings (SSSR count). The first-order valence-electron chi connectivity index (χ1n) is 19.0. The highest BCUT2D eigenvalue weighted by atomic mass is 28.4. The van der Waals surface area contributed by atoms with Crippen LogP contribution in [0.15, 0.2) is 85.1 Å². The Morgan fingerprint density at radius 2 is 1.49 bits per heavy atom. The van der Waals surface area contributed by atoms with Crippen LogP contribution in [0, 0.1) is 0 Å². The zero-order chi connectivity index (χ0) is 38.0. The summed E-state index contributed by atoms with van der Waals surface area (Å²) in [6.07, 6.45) is 6.33. The van der Waals surface area contributed by atoms with Gasteiger partial charge in [0.1, 0.15) is 5.75 Å². The number of anilines is 1. The molecule has 2 heterocycles. The Morgan fingerprint density at radius 3 is 2.09 bits per heavy atom. The second-order valence-corrected chi connectivity index (χ2v) is 21.9. The van der Waals surface area contributed by atoms with Crippen LogP contribution < -0.4 is 15.4 Å². The van der Waals surface area contributed by atoms with E-state index in [1.54, 1.807) is 7.11 Å². The topological polar surface area (TPSA) is 90.3 Å². The number of amides is 1. The summed E-state index contributed by atoms with van der Waals surface area (Å²) in [7, 11) is -0.139. The number of pyridine rings is 1. The fourth-order valence-corrected chi connectivity index (χ4v) is 8.20. The molecule has 2 aromatic heterocycles. The minimum absolute atomic E-state index is 0.0444.